The fourth-order valence-corrected chi connectivity index (χ4v) is 2.30. The molecule has 17 heavy (non-hydrogen) atoms. The van der Waals surface area contributed by atoms with Gasteiger partial charge in [-0.05, 0) is 0 Å². The molecule has 2 aromatic rings. The molecule has 0 saturated heterocycles. The van der Waals surface area contributed by atoms with E-state index in [1.54, 1.807) is 19.5 Å². The van der Waals surface area contributed by atoms with E-state index in [4.69, 9.17) is 10.5 Å². The van der Waals surface area contributed by atoms with Gasteiger partial charge in [0.25, 0.3) is 5.91 Å². The van der Waals surface area contributed by atoms with Gasteiger partial charge in [-0.3, -0.25) is 4.79 Å². The fraction of sp³-hybridized carbons (Fsp3) is 0.300. The van der Waals surface area contributed by atoms with E-state index in [2.05, 4.69) is 15.3 Å². The van der Waals surface area contributed by atoms with Gasteiger partial charge in [0.05, 0.1) is 12.3 Å². The SMILES string of the molecule is COCCNC(=O)c1sc2nccnc2c1N. The highest BCUT2D eigenvalue weighted by molar-refractivity contribution is 7.21. The second-order valence-electron chi connectivity index (χ2n) is 3.30. The highest BCUT2D eigenvalue weighted by Gasteiger charge is 2.17. The number of thiophene rings is 1. The monoisotopic (exact) mass is 252 g/mol. The van der Waals surface area contributed by atoms with Crippen molar-refractivity contribution in [2.45, 2.75) is 0 Å². The number of nitrogens with one attached hydrogen (secondary N) is 1. The van der Waals surface area contributed by atoms with Crippen LogP contribution in [0.2, 0.25) is 0 Å². The van der Waals surface area contributed by atoms with Gasteiger partial charge in [-0.25, -0.2) is 9.97 Å². The highest BCUT2D eigenvalue weighted by atomic mass is 32.1. The number of nitrogens with zero attached hydrogens (tertiary/aromatic N) is 2. The smallest absolute Gasteiger partial charge is 0.263 e. The summed E-state index contributed by atoms with van der Waals surface area (Å²) in [6, 6.07) is 0. The maximum Gasteiger partial charge on any atom is 0.263 e. The van der Waals surface area contributed by atoms with E-state index in [0.29, 0.717) is 34.1 Å². The lowest BCUT2D eigenvalue weighted by molar-refractivity contribution is 0.0942. The molecule has 0 spiro atoms. The van der Waals surface area contributed by atoms with Gasteiger partial charge in [0.1, 0.15) is 15.2 Å². The summed E-state index contributed by atoms with van der Waals surface area (Å²) in [4.78, 5) is 21.1. The standard InChI is InChI=1S/C10H12N4O2S/c1-16-5-4-13-9(15)8-6(11)7-10(17-8)14-3-2-12-7/h2-3H,4-5,11H2,1H3,(H,13,15). The first-order valence-corrected chi connectivity index (χ1v) is 5.81. The summed E-state index contributed by atoms with van der Waals surface area (Å²) >= 11 is 1.24. The zero-order valence-electron chi connectivity index (χ0n) is 9.27. The molecule has 0 saturated carbocycles. The maximum absolute atomic E-state index is 11.8. The molecule has 1 amide bonds. The van der Waals surface area contributed by atoms with Crippen LogP contribution < -0.4 is 11.1 Å². The molecular formula is C10H12N4O2S. The Kier molecular flexibility index (Phi) is 3.50. The van der Waals surface area contributed by atoms with Crippen LogP contribution in [0.5, 0.6) is 0 Å². The largest absolute Gasteiger partial charge is 0.396 e. The number of fused-ring (bicyclic) bond motifs is 1. The molecule has 2 rings (SSSR count). The van der Waals surface area contributed by atoms with Crippen molar-refractivity contribution in [2.75, 3.05) is 26.0 Å². The highest BCUT2D eigenvalue weighted by Crippen LogP contribution is 2.29. The summed E-state index contributed by atoms with van der Waals surface area (Å²) in [5.41, 5.74) is 6.82. The number of methoxy groups -OCH3 is 1. The summed E-state index contributed by atoms with van der Waals surface area (Å²) in [6.45, 7) is 0.914. The second-order valence-corrected chi connectivity index (χ2v) is 4.30. The van der Waals surface area contributed by atoms with Gasteiger partial charge >= 0.3 is 0 Å². The van der Waals surface area contributed by atoms with E-state index < -0.39 is 0 Å². The number of rotatable bonds is 4. The van der Waals surface area contributed by atoms with Gasteiger partial charge in [0.2, 0.25) is 0 Å². The Morgan fingerprint density at radius 2 is 2.29 bits per heavy atom. The summed E-state index contributed by atoms with van der Waals surface area (Å²) in [5.74, 6) is -0.218. The van der Waals surface area contributed by atoms with Crippen LogP contribution >= 0.6 is 11.3 Å². The van der Waals surface area contributed by atoms with Crippen molar-refractivity contribution in [1.29, 1.82) is 0 Å². The minimum Gasteiger partial charge on any atom is -0.396 e. The third-order valence-electron chi connectivity index (χ3n) is 2.16. The number of hydrogen-bond acceptors (Lipinski definition) is 6. The summed E-state index contributed by atoms with van der Waals surface area (Å²) < 4.78 is 4.85. The van der Waals surface area contributed by atoms with Crippen LogP contribution in [0.4, 0.5) is 5.69 Å². The zero-order chi connectivity index (χ0) is 12.3. The van der Waals surface area contributed by atoms with Crippen molar-refractivity contribution in [2.24, 2.45) is 0 Å². The Balaban J connectivity index is 2.23. The van der Waals surface area contributed by atoms with E-state index in [0.717, 1.165) is 0 Å². The number of nitrogens with two attached hydrogens (primary N) is 1. The summed E-state index contributed by atoms with van der Waals surface area (Å²) in [5, 5.41) is 2.71. The van der Waals surface area contributed by atoms with Crippen LogP contribution in [-0.2, 0) is 4.74 Å². The van der Waals surface area contributed by atoms with Gasteiger partial charge in [-0.1, -0.05) is 0 Å². The van der Waals surface area contributed by atoms with Crippen LogP contribution in [0.3, 0.4) is 0 Å². The first kappa shape index (κ1) is 11.7. The number of carbonyl (C=O) groups excluding carboxylic acids is 1. The Bertz CT molecular complexity index is 540. The third-order valence-corrected chi connectivity index (χ3v) is 3.26. The number of ether oxygens (including phenoxy) is 1. The molecule has 0 bridgehead atoms. The molecule has 7 heteroatoms. The van der Waals surface area contributed by atoms with Gasteiger partial charge in [-0.2, -0.15) is 0 Å². The summed E-state index contributed by atoms with van der Waals surface area (Å²) in [7, 11) is 1.58. The average molecular weight is 252 g/mol. The molecule has 0 atom stereocenters. The van der Waals surface area contributed by atoms with Crippen LogP contribution in [0, 0.1) is 0 Å². The molecular weight excluding hydrogens is 240 g/mol. The average Bonchev–Trinajstić information content (AvgIpc) is 2.68. The first-order chi connectivity index (χ1) is 8.24. The Morgan fingerprint density at radius 3 is 3.00 bits per heavy atom. The minimum atomic E-state index is -0.218. The Labute approximate surface area is 102 Å². The quantitative estimate of drug-likeness (QED) is 0.780. The van der Waals surface area contributed by atoms with Crippen molar-refractivity contribution in [1.82, 2.24) is 15.3 Å². The fourth-order valence-electron chi connectivity index (χ4n) is 1.36. The number of carbonyl (C=O) groups is 1. The molecule has 3 N–H and O–H groups in total. The van der Waals surface area contributed by atoms with Gasteiger partial charge in [0.15, 0.2) is 0 Å². The van der Waals surface area contributed by atoms with Crippen molar-refractivity contribution >= 4 is 33.3 Å². The van der Waals surface area contributed by atoms with Crippen LogP contribution in [0.15, 0.2) is 12.4 Å². The van der Waals surface area contributed by atoms with Gasteiger partial charge in [-0.15, -0.1) is 11.3 Å². The molecule has 0 aliphatic heterocycles. The predicted octanol–water partition coefficient (Wildman–Crippen LogP) is 0.650. The molecule has 0 aromatic carbocycles. The molecule has 2 aromatic heterocycles. The van der Waals surface area contributed by atoms with E-state index >= 15 is 0 Å². The Morgan fingerprint density at radius 1 is 1.53 bits per heavy atom. The lowest BCUT2D eigenvalue weighted by Gasteiger charge is -2.02. The minimum absolute atomic E-state index is 0.218. The zero-order valence-corrected chi connectivity index (χ0v) is 10.1. The lowest BCUT2D eigenvalue weighted by atomic mass is 10.3. The molecule has 6 nitrogen and oxygen atoms in total. The predicted molar refractivity (Wildman–Crippen MR) is 66.0 cm³/mol. The van der Waals surface area contributed by atoms with E-state index in [9.17, 15) is 4.79 Å². The van der Waals surface area contributed by atoms with Crippen molar-refractivity contribution in [3.63, 3.8) is 0 Å². The number of nitrogen functional groups attached to an aromatic ring is 1. The molecule has 0 fully saturated rings. The lowest BCUT2D eigenvalue weighted by Crippen LogP contribution is -2.26. The molecule has 0 radical (unpaired) electrons. The number of aromatic nitrogens is 2. The van der Waals surface area contributed by atoms with E-state index in [-0.39, 0.29) is 5.91 Å². The first-order valence-electron chi connectivity index (χ1n) is 5.00. The van der Waals surface area contributed by atoms with Crippen molar-refractivity contribution in [3.8, 4) is 0 Å². The molecule has 0 aliphatic rings. The molecule has 2 heterocycles. The third kappa shape index (κ3) is 2.34. The number of hydrogen-bond donors (Lipinski definition) is 2. The van der Waals surface area contributed by atoms with Crippen molar-refractivity contribution < 1.29 is 9.53 Å². The van der Waals surface area contributed by atoms with E-state index in [1.165, 1.54) is 11.3 Å². The normalized spacial score (nSPS) is 10.6. The van der Waals surface area contributed by atoms with Crippen LogP contribution in [0.25, 0.3) is 10.3 Å². The molecule has 0 aliphatic carbocycles. The Hall–Kier alpha value is -1.73. The maximum atomic E-state index is 11.8. The second kappa shape index (κ2) is 5.07. The number of anilines is 1. The molecule has 0 unspecified atom stereocenters. The topological polar surface area (TPSA) is 90.1 Å². The van der Waals surface area contributed by atoms with Crippen LogP contribution in [-0.4, -0.2) is 36.1 Å². The van der Waals surface area contributed by atoms with Gasteiger partial charge in [0, 0.05) is 26.0 Å². The van der Waals surface area contributed by atoms with Gasteiger partial charge < -0.3 is 15.8 Å². The number of amides is 1. The molecule has 90 valence electrons. The van der Waals surface area contributed by atoms with Crippen molar-refractivity contribution in [3.05, 3.63) is 17.3 Å². The van der Waals surface area contributed by atoms with E-state index in [1.807, 2.05) is 0 Å². The summed E-state index contributed by atoms with van der Waals surface area (Å²) in [6.07, 6.45) is 3.13. The van der Waals surface area contributed by atoms with Crippen LogP contribution in [0.1, 0.15) is 9.67 Å².